The van der Waals surface area contributed by atoms with Crippen molar-refractivity contribution in [2.45, 2.75) is 39.5 Å². The fourth-order valence-electron chi connectivity index (χ4n) is 2.42. The number of thiophene rings is 1. The van der Waals surface area contributed by atoms with Crippen molar-refractivity contribution in [2.24, 2.45) is 5.41 Å². The Bertz CT molecular complexity index is 600. The maximum absolute atomic E-state index is 4.78. The third kappa shape index (κ3) is 1.79. The molecule has 1 fully saturated rings. The van der Waals surface area contributed by atoms with Gasteiger partial charge in [-0.3, -0.25) is 0 Å². The van der Waals surface area contributed by atoms with Crippen LogP contribution in [-0.4, -0.2) is 17.0 Å². The highest BCUT2D eigenvalue weighted by molar-refractivity contribution is 7.18. The number of rotatable bonds is 3. The van der Waals surface area contributed by atoms with Crippen LogP contribution in [0.1, 0.15) is 43.8 Å². The molecule has 96 valence electrons. The number of nitrogens with one attached hydrogen (secondary N) is 1. The lowest BCUT2D eigenvalue weighted by Crippen LogP contribution is -2.01. The normalized spacial score (nSPS) is 21.2. The SMILES string of the molecule is CCc1cc2c(NC)nc(C3CC3(C)C)nc2s1. The monoisotopic (exact) mass is 261 g/mol. The Morgan fingerprint density at radius 1 is 1.44 bits per heavy atom. The molecule has 1 N–H and O–H groups in total. The Kier molecular flexibility index (Phi) is 2.59. The maximum atomic E-state index is 4.78. The average Bonchev–Trinajstić information content (AvgIpc) is 2.82. The van der Waals surface area contributed by atoms with E-state index in [0.717, 1.165) is 22.9 Å². The molecule has 0 aliphatic heterocycles. The summed E-state index contributed by atoms with van der Waals surface area (Å²) in [5.74, 6) is 2.52. The fourth-order valence-corrected chi connectivity index (χ4v) is 3.39. The first kappa shape index (κ1) is 11.9. The summed E-state index contributed by atoms with van der Waals surface area (Å²) in [6.07, 6.45) is 2.27. The second kappa shape index (κ2) is 3.92. The van der Waals surface area contributed by atoms with Crippen molar-refractivity contribution in [1.29, 1.82) is 0 Å². The molecule has 2 aromatic heterocycles. The van der Waals surface area contributed by atoms with Gasteiger partial charge >= 0.3 is 0 Å². The number of hydrogen-bond donors (Lipinski definition) is 1. The Morgan fingerprint density at radius 2 is 2.17 bits per heavy atom. The molecule has 0 aromatic carbocycles. The summed E-state index contributed by atoms with van der Waals surface area (Å²) in [5, 5.41) is 4.38. The van der Waals surface area contributed by atoms with Gasteiger partial charge < -0.3 is 5.32 Å². The summed E-state index contributed by atoms with van der Waals surface area (Å²) in [5.41, 5.74) is 0.379. The van der Waals surface area contributed by atoms with E-state index in [1.165, 1.54) is 16.7 Å². The molecule has 1 saturated carbocycles. The zero-order valence-electron chi connectivity index (χ0n) is 11.4. The number of aromatic nitrogens is 2. The first-order valence-electron chi connectivity index (χ1n) is 6.53. The van der Waals surface area contributed by atoms with Crippen molar-refractivity contribution >= 4 is 27.4 Å². The van der Waals surface area contributed by atoms with Crippen molar-refractivity contribution in [1.82, 2.24) is 9.97 Å². The summed E-state index contributed by atoms with van der Waals surface area (Å²) < 4.78 is 0. The molecule has 4 heteroatoms. The first-order chi connectivity index (χ1) is 8.55. The minimum atomic E-state index is 0.379. The molecule has 1 unspecified atom stereocenters. The molecule has 1 aliphatic rings. The predicted molar refractivity (Wildman–Crippen MR) is 77.5 cm³/mol. The number of anilines is 1. The Labute approximate surface area is 112 Å². The molecule has 0 bridgehead atoms. The smallest absolute Gasteiger partial charge is 0.138 e. The number of hydrogen-bond acceptors (Lipinski definition) is 4. The van der Waals surface area contributed by atoms with E-state index in [9.17, 15) is 0 Å². The lowest BCUT2D eigenvalue weighted by atomic mass is 10.1. The molecule has 0 saturated heterocycles. The second-order valence-corrected chi connectivity index (χ2v) is 6.83. The molecule has 2 aromatic rings. The van der Waals surface area contributed by atoms with Crippen LogP contribution in [0.2, 0.25) is 0 Å². The quantitative estimate of drug-likeness (QED) is 0.913. The minimum absolute atomic E-state index is 0.379. The highest BCUT2D eigenvalue weighted by atomic mass is 32.1. The molecule has 0 radical (unpaired) electrons. The zero-order chi connectivity index (χ0) is 12.9. The van der Waals surface area contributed by atoms with Gasteiger partial charge in [-0.1, -0.05) is 20.8 Å². The molecule has 2 heterocycles. The fraction of sp³-hybridized carbons (Fsp3) is 0.571. The summed E-state index contributed by atoms with van der Waals surface area (Å²) in [6.45, 7) is 6.76. The zero-order valence-corrected chi connectivity index (χ0v) is 12.2. The van der Waals surface area contributed by atoms with Crippen LogP contribution in [0, 0.1) is 5.41 Å². The average molecular weight is 261 g/mol. The van der Waals surface area contributed by atoms with Gasteiger partial charge in [0.15, 0.2) is 0 Å². The van der Waals surface area contributed by atoms with Gasteiger partial charge in [-0.15, -0.1) is 11.3 Å². The number of aryl methyl sites for hydroxylation is 1. The molecule has 1 atom stereocenters. The first-order valence-corrected chi connectivity index (χ1v) is 7.35. The number of nitrogens with zero attached hydrogens (tertiary/aromatic N) is 2. The predicted octanol–water partition coefficient (Wildman–Crippen LogP) is 3.81. The summed E-state index contributed by atoms with van der Waals surface area (Å²) in [7, 11) is 1.94. The van der Waals surface area contributed by atoms with Crippen molar-refractivity contribution in [3.05, 3.63) is 16.8 Å². The third-order valence-corrected chi connectivity index (χ3v) is 5.04. The van der Waals surface area contributed by atoms with Crippen LogP contribution in [0.4, 0.5) is 5.82 Å². The van der Waals surface area contributed by atoms with E-state index in [1.54, 1.807) is 11.3 Å². The van der Waals surface area contributed by atoms with Crippen LogP contribution in [0.5, 0.6) is 0 Å². The molecule has 0 amide bonds. The highest BCUT2D eigenvalue weighted by Gasteiger charge is 2.48. The lowest BCUT2D eigenvalue weighted by Gasteiger charge is -2.06. The van der Waals surface area contributed by atoms with Gasteiger partial charge in [0.05, 0.1) is 5.39 Å². The van der Waals surface area contributed by atoms with E-state index >= 15 is 0 Å². The lowest BCUT2D eigenvalue weighted by molar-refractivity contribution is 0.610. The van der Waals surface area contributed by atoms with E-state index in [4.69, 9.17) is 9.97 Å². The van der Waals surface area contributed by atoms with E-state index in [0.29, 0.717) is 11.3 Å². The van der Waals surface area contributed by atoms with Crippen LogP contribution < -0.4 is 5.32 Å². The van der Waals surface area contributed by atoms with Gasteiger partial charge in [0.2, 0.25) is 0 Å². The minimum Gasteiger partial charge on any atom is -0.372 e. The molecule has 3 rings (SSSR count). The molecule has 3 nitrogen and oxygen atoms in total. The van der Waals surface area contributed by atoms with Gasteiger partial charge in [-0.25, -0.2) is 9.97 Å². The summed E-state index contributed by atoms with van der Waals surface area (Å²) in [6, 6.07) is 2.22. The van der Waals surface area contributed by atoms with E-state index in [1.807, 2.05) is 7.05 Å². The van der Waals surface area contributed by atoms with E-state index < -0.39 is 0 Å². The maximum Gasteiger partial charge on any atom is 0.138 e. The molecule has 1 aliphatic carbocycles. The Balaban J connectivity index is 2.12. The van der Waals surface area contributed by atoms with Crippen LogP contribution in [0.25, 0.3) is 10.2 Å². The van der Waals surface area contributed by atoms with Crippen LogP contribution >= 0.6 is 11.3 Å². The molecular formula is C14H19N3S. The molecular weight excluding hydrogens is 242 g/mol. The number of fused-ring (bicyclic) bond motifs is 1. The van der Waals surface area contributed by atoms with Gasteiger partial charge in [0, 0.05) is 17.8 Å². The summed E-state index contributed by atoms with van der Waals surface area (Å²) >= 11 is 1.80. The van der Waals surface area contributed by atoms with Crippen molar-refractivity contribution in [3.63, 3.8) is 0 Å². The third-order valence-electron chi connectivity index (χ3n) is 3.87. The van der Waals surface area contributed by atoms with Gasteiger partial charge in [0.1, 0.15) is 16.5 Å². The van der Waals surface area contributed by atoms with Crippen LogP contribution in [0.15, 0.2) is 6.07 Å². The van der Waals surface area contributed by atoms with Gasteiger partial charge in [-0.05, 0) is 24.3 Å². The highest BCUT2D eigenvalue weighted by Crippen LogP contribution is 2.57. The second-order valence-electron chi connectivity index (χ2n) is 5.71. The Hall–Kier alpha value is -1.16. The standard InChI is InChI=1S/C14H19N3S/c1-5-8-6-9-11(15-4)16-12(17-13(9)18-8)10-7-14(10,2)3/h6,10H,5,7H2,1-4H3,(H,15,16,17). The van der Waals surface area contributed by atoms with E-state index in [2.05, 4.69) is 32.2 Å². The van der Waals surface area contributed by atoms with Crippen molar-refractivity contribution in [3.8, 4) is 0 Å². The van der Waals surface area contributed by atoms with Crippen molar-refractivity contribution < 1.29 is 0 Å². The topological polar surface area (TPSA) is 37.8 Å². The van der Waals surface area contributed by atoms with Crippen LogP contribution in [-0.2, 0) is 6.42 Å². The summed E-state index contributed by atoms with van der Waals surface area (Å²) in [4.78, 5) is 12.0. The molecule has 18 heavy (non-hydrogen) atoms. The van der Waals surface area contributed by atoms with Gasteiger partial charge in [0.25, 0.3) is 0 Å². The van der Waals surface area contributed by atoms with Crippen LogP contribution in [0.3, 0.4) is 0 Å². The largest absolute Gasteiger partial charge is 0.372 e. The van der Waals surface area contributed by atoms with Crippen molar-refractivity contribution in [2.75, 3.05) is 12.4 Å². The van der Waals surface area contributed by atoms with Gasteiger partial charge in [-0.2, -0.15) is 0 Å². The Morgan fingerprint density at radius 3 is 2.72 bits per heavy atom. The molecule has 0 spiro atoms. The van der Waals surface area contributed by atoms with E-state index in [-0.39, 0.29) is 0 Å².